The third-order valence-electron chi connectivity index (χ3n) is 3.59. The molecule has 0 atom stereocenters. The molecule has 5 nitrogen and oxygen atoms in total. The topological polar surface area (TPSA) is 62.7 Å². The zero-order chi connectivity index (χ0) is 13.7. The summed E-state index contributed by atoms with van der Waals surface area (Å²) < 4.78 is 4.64. The molecule has 0 saturated heterocycles. The molecule has 0 spiro atoms. The van der Waals surface area contributed by atoms with Crippen molar-refractivity contribution in [1.82, 2.24) is 9.88 Å². The van der Waals surface area contributed by atoms with Gasteiger partial charge < -0.3 is 9.84 Å². The number of carbonyl (C=O) groups is 1. The van der Waals surface area contributed by atoms with Crippen LogP contribution in [-0.4, -0.2) is 47.3 Å². The number of aromatic nitrogens is 1. The molecule has 1 aliphatic carbocycles. The molecule has 0 bridgehead atoms. The lowest BCUT2D eigenvalue weighted by Crippen LogP contribution is -2.41. The van der Waals surface area contributed by atoms with Crippen molar-refractivity contribution in [1.29, 1.82) is 0 Å². The standard InChI is InChI=1S/C14H20N2O3/c1-19-14(18)11-5-6-12(15-9-11)10-16(7-8-17)13-3-2-4-13/h5-6,9,13,17H,2-4,7-8,10H2,1H3. The molecule has 1 heterocycles. The van der Waals surface area contributed by atoms with Crippen molar-refractivity contribution in [2.45, 2.75) is 31.8 Å². The predicted octanol–water partition coefficient (Wildman–Crippen LogP) is 1.22. The fourth-order valence-electron chi connectivity index (χ4n) is 2.24. The monoisotopic (exact) mass is 264 g/mol. The maximum absolute atomic E-state index is 11.3. The average Bonchev–Trinajstić information content (AvgIpc) is 2.37. The van der Waals surface area contributed by atoms with E-state index in [1.54, 1.807) is 12.3 Å². The Hall–Kier alpha value is -1.46. The molecule has 1 aromatic rings. The third-order valence-corrected chi connectivity index (χ3v) is 3.59. The van der Waals surface area contributed by atoms with Crippen LogP contribution < -0.4 is 0 Å². The normalized spacial score (nSPS) is 15.3. The van der Waals surface area contributed by atoms with Crippen LogP contribution in [0, 0.1) is 0 Å². The molecule has 0 aromatic carbocycles. The Labute approximate surface area is 113 Å². The Morgan fingerprint density at radius 3 is 2.79 bits per heavy atom. The van der Waals surface area contributed by atoms with Gasteiger partial charge in [-0.15, -0.1) is 0 Å². The number of hydrogen-bond acceptors (Lipinski definition) is 5. The van der Waals surface area contributed by atoms with E-state index in [1.165, 1.54) is 26.4 Å². The van der Waals surface area contributed by atoms with Crippen molar-refractivity contribution < 1.29 is 14.6 Å². The predicted molar refractivity (Wildman–Crippen MR) is 70.7 cm³/mol. The van der Waals surface area contributed by atoms with E-state index in [-0.39, 0.29) is 12.6 Å². The molecular formula is C14H20N2O3. The number of pyridine rings is 1. The van der Waals surface area contributed by atoms with Crippen LogP contribution in [0.5, 0.6) is 0 Å². The molecule has 1 saturated carbocycles. The van der Waals surface area contributed by atoms with Gasteiger partial charge in [0.05, 0.1) is 25.0 Å². The molecule has 1 aliphatic rings. The van der Waals surface area contributed by atoms with Crippen LogP contribution in [0.25, 0.3) is 0 Å². The number of esters is 1. The Morgan fingerprint density at radius 1 is 1.53 bits per heavy atom. The molecule has 19 heavy (non-hydrogen) atoms. The van der Waals surface area contributed by atoms with E-state index in [2.05, 4.69) is 14.6 Å². The maximum Gasteiger partial charge on any atom is 0.339 e. The van der Waals surface area contributed by atoms with E-state index in [0.717, 1.165) is 5.69 Å². The largest absolute Gasteiger partial charge is 0.465 e. The minimum atomic E-state index is -0.370. The molecule has 1 N–H and O–H groups in total. The van der Waals surface area contributed by atoms with E-state index in [0.29, 0.717) is 24.7 Å². The summed E-state index contributed by atoms with van der Waals surface area (Å²) in [7, 11) is 1.36. The van der Waals surface area contributed by atoms with Gasteiger partial charge in [0.25, 0.3) is 0 Å². The summed E-state index contributed by atoms with van der Waals surface area (Å²) in [5.41, 5.74) is 1.37. The van der Waals surface area contributed by atoms with E-state index in [1.807, 2.05) is 6.07 Å². The van der Waals surface area contributed by atoms with Crippen molar-refractivity contribution in [2.75, 3.05) is 20.3 Å². The van der Waals surface area contributed by atoms with Crippen LogP contribution in [0.3, 0.4) is 0 Å². The molecule has 1 aromatic heterocycles. The zero-order valence-corrected chi connectivity index (χ0v) is 11.2. The summed E-state index contributed by atoms with van der Waals surface area (Å²) in [4.78, 5) is 17.8. The smallest absolute Gasteiger partial charge is 0.339 e. The van der Waals surface area contributed by atoms with Crippen LogP contribution in [0.15, 0.2) is 18.3 Å². The second-order valence-corrected chi connectivity index (χ2v) is 4.81. The van der Waals surface area contributed by atoms with Gasteiger partial charge >= 0.3 is 5.97 Å². The first-order valence-corrected chi connectivity index (χ1v) is 6.62. The van der Waals surface area contributed by atoms with Crippen molar-refractivity contribution in [3.63, 3.8) is 0 Å². The molecule has 5 heteroatoms. The molecule has 104 valence electrons. The summed E-state index contributed by atoms with van der Waals surface area (Å²) >= 11 is 0. The first kappa shape index (κ1) is 14.0. The summed E-state index contributed by atoms with van der Waals surface area (Å²) in [6.07, 6.45) is 5.20. The van der Waals surface area contributed by atoms with Crippen molar-refractivity contribution in [3.05, 3.63) is 29.6 Å². The highest BCUT2D eigenvalue weighted by atomic mass is 16.5. The zero-order valence-electron chi connectivity index (χ0n) is 11.2. The van der Waals surface area contributed by atoms with Gasteiger partial charge in [0.15, 0.2) is 0 Å². The van der Waals surface area contributed by atoms with Crippen molar-refractivity contribution in [3.8, 4) is 0 Å². The molecule has 0 radical (unpaired) electrons. The lowest BCUT2D eigenvalue weighted by molar-refractivity contribution is 0.0600. The van der Waals surface area contributed by atoms with Crippen LogP contribution >= 0.6 is 0 Å². The number of nitrogens with zero attached hydrogens (tertiary/aromatic N) is 2. The van der Waals surface area contributed by atoms with Crippen LogP contribution in [0.2, 0.25) is 0 Å². The minimum absolute atomic E-state index is 0.163. The van der Waals surface area contributed by atoms with E-state index >= 15 is 0 Å². The number of aliphatic hydroxyl groups excluding tert-OH is 1. The summed E-state index contributed by atoms with van der Waals surface area (Å²) in [5, 5.41) is 9.11. The summed E-state index contributed by atoms with van der Waals surface area (Å²) in [6.45, 7) is 1.55. The summed E-state index contributed by atoms with van der Waals surface area (Å²) in [6, 6.07) is 4.13. The number of methoxy groups -OCH3 is 1. The minimum Gasteiger partial charge on any atom is -0.465 e. The molecule has 0 unspecified atom stereocenters. The molecular weight excluding hydrogens is 244 g/mol. The third kappa shape index (κ3) is 3.52. The first-order chi connectivity index (χ1) is 9.24. The Balaban J connectivity index is 1.98. The highest BCUT2D eigenvalue weighted by Gasteiger charge is 2.24. The van der Waals surface area contributed by atoms with Gasteiger partial charge in [-0.05, 0) is 25.0 Å². The number of hydrogen-bond donors (Lipinski definition) is 1. The van der Waals surface area contributed by atoms with Gasteiger partial charge in [0, 0.05) is 25.3 Å². The van der Waals surface area contributed by atoms with Gasteiger partial charge in [0.2, 0.25) is 0 Å². The average molecular weight is 264 g/mol. The quantitative estimate of drug-likeness (QED) is 0.783. The Bertz CT molecular complexity index is 415. The SMILES string of the molecule is COC(=O)c1ccc(CN(CCO)C2CCC2)nc1. The summed E-state index contributed by atoms with van der Waals surface area (Å²) in [5.74, 6) is -0.370. The fourth-order valence-corrected chi connectivity index (χ4v) is 2.24. The lowest BCUT2D eigenvalue weighted by Gasteiger charge is -2.37. The number of ether oxygens (including phenoxy) is 1. The van der Waals surface area contributed by atoms with E-state index in [9.17, 15) is 4.79 Å². The van der Waals surface area contributed by atoms with Crippen molar-refractivity contribution >= 4 is 5.97 Å². The molecule has 0 amide bonds. The van der Waals surface area contributed by atoms with Crippen LogP contribution in [-0.2, 0) is 11.3 Å². The lowest BCUT2D eigenvalue weighted by atomic mass is 9.91. The second-order valence-electron chi connectivity index (χ2n) is 4.81. The van der Waals surface area contributed by atoms with Crippen LogP contribution in [0.4, 0.5) is 0 Å². The Morgan fingerprint density at radius 2 is 2.32 bits per heavy atom. The van der Waals surface area contributed by atoms with Gasteiger partial charge in [0.1, 0.15) is 0 Å². The fraction of sp³-hybridized carbons (Fsp3) is 0.571. The van der Waals surface area contributed by atoms with Gasteiger partial charge in [-0.25, -0.2) is 4.79 Å². The molecule has 2 rings (SSSR count). The maximum atomic E-state index is 11.3. The highest BCUT2D eigenvalue weighted by Crippen LogP contribution is 2.25. The van der Waals surface area contributed by atoms with Crippen molar-refractivity contribution in [2.24, 2.45) is 0 Å². The number of rotatable bonds is 6. The first-order valence-electron chi connectivity index (χ1n) is 6.62. The second kappa shape index (κ2) is 6.63. The number of aliphatic hydroxyl groups is 1. The van der Waals surface area contributed by atoms with Gasteiger partial charge in [-0.3, -0.25) is 9.88 Å². The van der Waals surface area contributed by atoms with Crippen LogP contribution in [0.1, 0.15) is 35.3 Å². The highest BCUT2D eigenvalue weighted by molar-refractivity contribution is 5.88. The van der Waals surface area contributed by atoms with E-state index in [4.69, 9.17) is 5.11 Å². The molecule has 1 fully saturated rings. The Kier molecular flexibility index (Phi) is 4.87. The van der Waals surface area contributed by atoms with Gasteiger partial charge in [-0.2, -0.15) is 0 Å². The van der Waals surface area contributed by atoms with Gasteiger partial charge in [-0.1, -0.05) is 6.42 Å². The van der Waals surface area contributed by atoms with E-state index < -0.39 is 0 Å². The molecule has 0 aliphatic heterocycles. The number of carbonyl (C=O) groups excluding carboxylic acids is 1.